The van der Waals surface area contributed by atoms with Gasteiger partial charge in [0.2, 0.25) is 0 Å². The molecule has 2 fully saturated rings. The Labute approximate surface area is 187 Å². The molecule has 1 aromatic rings. The average Bonchev–Trinajstić information content (AvgIpc) is 3.12. The molecule has 2 aliphatic heterocycles. The van der Waals surface area contributed by atoms with Crippen molar-refractivity contribution in [2.45, 2.75) is 32.9 Å². The highest BCUT2D eigenvalue weighted by atomic mass is 19.4. The Kier molecular flexibility index (Phi) is 7.23. The van der Waals surface area contributed by atoms with Crippen LogP contribution in [0.15, 0.2) is 18.2 Å². The molecule has 0 saturated carbocycles. The zero-order valence-electron chi connectivity index (χ0n) is 18.9. The molecule has 6 nitrogen and oxygen atoms in total. The molecule has 0 aromatic heterocycles. The van der Waals surface area contributed by atoms with Crippen LogP contribution in [0.2, 0.25) is 0 Å². The summed E-state index contributed by atoms with van der Waals surface area (Å²) in [6, 6.07) is 5.58. The summed E-state index contributed by atoms with van der Waals surface area (Å²) in [5.74, 6) is 0.195. The lowest BCUT2D eigenvalue weighted by Gasteiger charge is -2.43. The molecule has 0 aliphatic carbocycles. The van der Waals surface area contributed by atoms with Crippen LogP contribution in [-0.4, -0.2) is 68.8 Å². The van der Waals surface area contributed by atoms with E-state index >= 15 is 0 Å². The van der Waals surface area contributed by atoms with Gasteiger partial charge in [0.25, 0.3) is 0 Å². The number of ether oxygens (including phenoxy) is 1. The number of likely N-dealkylation sites (tertiary alicyclic amines) is 1. The van der Waals surface area contributed by atoms with Gasteiger partial charge in [-0.3, -0.25) is 0 Å². The van der Waals surface area contributed by atoms with E-state index in [9.17, 15) is 18.0 Å². The van der Waals surface area contributed by atoms with Crippen LogP contribution in [-0.2, 0) is 10.9 Å². The lowest BCUT2D eigenvalue weighted by atomic mass is 9.71. The molecule has 0 radical (unpaired) electrons. The van der Waals surface area contributed by atoms with Crippen LogP contribution in [0.1, 0.15) is 37.8 Å². The van der Waals surface area contributed by atoms with Crippen molar-refractivity contribution < 1.29 is 22.7 Å². The van der Waals surface area contributed by atoms with Crippen molar-refractivity contribution in [3.8, 4) is 6.07 Å². The van der Waals surface area contributed by atoms with Gasteiger partial charge in [-0.25, -0.2) is 4.79 Å². The first-order valence-corrected chi connectivity index (χ1v) is 11.1. The number of amides is 2. The van der Waals surface area contributed by atoms with Gasteiger partial charge in [0, 0.05) is 58.0 Å². The van der Waals surface area contributed by atoms with Crippen molar-refractivity contribution in [3.05, 3.63) is 29.3 Å². The molecule has 32 heavy (non-hydrogen) atoms. The fraction of sp³-hybridized carbons (Fsp3) is 0.652. The Hall–Kier alpha value is -2.47. The molecule has 176 valence electrons. The monoisotopic (exact) mass is 452 g/mol. The van der Waals surface area contributed by atoms with Crippen LogP contribution in [0.4, 0.5) is 23.7 Å². The summed E-state index contributed by atoms with van der Waals surface area (Å²) >= 11 is 0. The molecule has 3 rings (SSSR count). The third-order valence-electron chi connectivity index (χ3n) is 7.04. The molecule has 0 N–H and O–H groups in total. The molecule has 2 heterocycles. The van der Waals surface area contributed by atoms with Crippen LogP contribution >= 0.6 is 0 Å². The lowest BCUT2D eigenvalue weighted by molar-refractivity contribution is -0.137. The van der Waals surface area contributed by atoms with Gasteiger partial charge in [-0.1, -0.05) is 0 Å². The van der Waals surface area contributed by atoms with E-state index in [1.807, 2.05) is 28.5 Å². The molecule has 0 bridgehead atoms. The summed E-state index contributed by atoms with van der Waals surface area (Å²) in [7, 11) is 1.66. The number of methoxy groups -OCH3 is 1. The van der Waals surface area contributed by atoms with E-state index in [-0.39, 0.29) is 22.9 Å². The van der Waals surface area contributed by atoms with Crippen molar-refractivity contribution >= 4 is 11.7 Å². The fourth-order valence-electron chi connectivity index (χ4n) is 5.14. The van der Waals surface area contributed by atoms with E-state index in [2.05, 4.69) is 0 Å². The SMILES string of the molecule is CCN(CC)C(=O)N1CC(COC)C2(CCN(c3ccc(C#N)c(C(F)(F)F)c3)CC2)C1. The van der Waals surface area contributed by atoms with Crippen LogP contribution in [0, 0.1) is 22.7 Å². The number of nitrogens with zero attached hydrogens (tertiary/aromatic N) is 4. The summed E-state index contributed by atoms with van der Waals surface area (Å²) in [5, 5.41) is 9.04. The van der Waals surface area contributed by atoms with Crippen LogP contribution in [0.3, 0.4) is 0 Å². The Morgan fingerprint density at radius 1 is 1.28 bits per heavy atom. The number of hydrogen-bond donors (Lipinski definition) is 0. The number of hydrogen-bond acceptors (Lipinski definition) is 4. The zero-order valence-corrected chi connectivity index (χ0v) is 18.9. The Balaban J connectivity index is 1.77. The molecule has 2 aliphatic rings. The second-order valence-electron chi connectivity index (χ2n) is 8.68. The van der Waals surface area contributed by atoms with E-state index in [0.717, 1.165) is 18.9 Å². The second kappa shape index (κ2) is 9.57. The number of nitriles is 1. The van der Waals surface area contributed by atoms with E-state index in [4.69, 9.17) is 10.00 Å². The standard InChI is InChI=1S/C23H31F3N4O2/c1-4-28(5-2)21(31)30-14-18(15-32-3)22(16-30)8-10-29(11-9-22)19-7-6-17(13-27)20(12-19)23(24,25)26/h6-7,12,18H,4-5,8-11,14-16H2,1-3H3. The molecule has 1 aromatic carbocycles. The topological polar surface area (TPSA) is 59.8 Å². The number of anilines is 1. The first-order valence-electron chi connectivity index (χ1n) is 11.1. The number of carbonyl (C=O) groups excluding carboxylic acids is 1. The molecule has 1 unspecified atom stereocenters. The van der Waals surface area contributed by atoms with E-state index in [1.165, 1.54) is 6.07 Å². The van der Waals surface area contributed by atoms with Gasteiger partial charge in [0.1, 0.15) is 0 Å². The average molecular weight is 453 g/mol. The molecular formula is C23H31F3N4O2. The summed E-state index contributed by atoms with van der Waals surface area (Å²) < 4.78 is 45.6. The fourth-order valence-corrected chi connectivity index (χ4v) is 5.14. The summed E-state index contributed by atoms with van der Waals surface area (Å²) in [6.45, 7) is 8.26. The largest absolute Gasteiger partial charge is 0.417 e. The van der Waals surface area contributed by atoms with Crippen molar-refractivity contribution in [1.29, 1.82) is 5.26 Å². The summed E-state index contributed by atoms with van der Waals surface area (Å²) in [5.41, 5.74) is -0.888. The predicted molar refractivity (Wildman–Crippen MR) is 115 cm³/mol. The van der Waals surface area contributed by atoms with E-state index < -0.39 is 11.7 Å². The molecule has 1 atom stereocenters. The highest BCUT2D eigenvalue weighted by Crippen LogP contribution is 2.46. The Morgan fingerprint density at radius 3 is 2.47 bits per heavy atom. The number of benzene rings is 1. The number of urea groups is 1. The lowest BCUT2D eigenvalue weighted by Crippen LogP contribution is -2.46. The highest BCUT2D eigenvalue weighted by molar-refractivity contribution is 5.75. The van der Waals surface area contributed by atoms with Crippen molar-refractivity contribution in [2.24, 2.45) is 11.3 Å². The first-order chi connectivity index (χ1) is 15.2. The minimum atomic E-state index is -4.57. The van der Waals surface area contributed by atoms with Crippen LogP contribution < -0.4 is 4.90 Å². The zero-order chi connectivity index (χ0) is 23.5. The number of carbonyl (C=O) groups is 1. The minimum absolute atomic E-state index is 0.0392. The summed E-state index contributed by atoms with van der Waals surface area (Å²) in [4.78, 5) is 18.6. The molecule has 1 spiro atoms. The predicted octanol–water partition coefficient (Wildman–Crippen LogP) is 4.20. The van der Waals surface area contributed by atoms with Gasteiger partial charge in [0.15, 0.2) is 0 Å². The van der Waals surface area contributed by atoms with Gasteiger partial charge < -0.3 is 19.4 Å². The molecule has 2 amide bonds. The maximum atomic E-state index is 13.4. The highest BCUT2D eigenvalue weighted by Gasteiger charge is 2.49. The third kappa shape index (κ3) is 4.65. The van der Waals surface area contributed by atoms with Crippen LogP contribution in [0.5, 0.6) is 0 Å². The van der Waals surface area contributed by atoms with Crippen molar-refractivity contribution in [2.75, 3.05) is 57.9 Å². The third-order valence-corrected chi connectivity index (χ3v) is 7.04. The first kappa shape index (κ1) is 24.2. The minimum Gasteiger partial charge on any atom is -0.384 e. The van der Waals surface area contributed by atoms with Gasteiger partial charge >= 0.3 is 12.2 Å². The molecule has 9 heteroatoms. The maximum Gasteiger partial charge on any atom is 0.417 e. The number of rotatable bonds is 5. The van der Waals surface area contributed by atoms with E-state index in [0.29, 0.717) is 51.6 Å². The number of halogens is 3. The van der Waals surface area contributed by atoms with Gasteiger partial charge in [-0.15, -0.1) is 0 Å². The van der Waals surface area contributed by atoms with Crippen molar-refractivity contribution in [1.82, 2.24) is 9.80 Å². The van der Waals surface area contributed by atoms with Gasteiger partial charge in [-0.05, 0) is 50.3 Å². The van der Waals surface area contributed by atoms with E-state index in [1.54, 1.807) is 19.2 Å². The quantitative estimate of drug-likeness (QED) is 0.672. The van der Waals surface area contributed by atoms with Crippen molar-refractivity contribution in [3.63, 3.8) is 0 Å². The van der Waals surface area contributed by atoms with Crippen LogP contribution in [0.25, 0.3) is 0 Å². The smallest absolute Gasteiger partial charge is 0.384 e. The number of piperidine rings is 1. The molecular weight excluding hydrogens is 421 g/mol. The Morgan fingerprint density at radius 2 is 1.94 bits per heavy atom. The Bertz CT molecular complexity index is 856. The normalized spacial score (nSPS) is 20.5. The number of alkyl halides is 3. The maximum absolute atomic E-state index is 13.4. The van der Waals surface area contributed by atoms with Gasteiger partial charge in [-0.2, -0.15) is 18.4 Å². The molecule has 2 saturated heterocycles. The van der Waals surface area contributed by atoms with Gasteiger partial charge in [0.05, 0.1) is 23.8 Å². The second-order valence-corrected chi connectivity index (χ2v) is 8.68. The summed E-state index contributed by atoms with van der Waals surface area (Å²) in [6.07, 6.45) is -3.03.